The number of rotatable bonds is 4. The Morgan fingerprint density at radius 1 is 1.08 bits per heavy atom. The highest BCUT2D eigenvalue weighted by Gasteiger charge is 2.13. The number of aryl methyl sites for hydroxylation is 2. The van der Waals surface area contributed by atoms with Crippen molar-refractivity contribution in [1.29, 1.82) is 0 Å². The van der Waals surface area contributed by atoms with Crippen molar-refractivity contribution >= 4 is 33.4 Å². The average molecular weight is 368 g/mol. The molecule has 5 nitrogen and oxygen atoms in total. The number of esters is 1. The minimum absolute atomic E-state index is 0.0251. The van der Waals surface area contributed by atoms with E-state index in [1.54, 1.807) is 23.6 Å². The van der Waals surface area contributed by atoms with Gasteiger partial charge >= 0.3 is 5.97 Å². The largest absolute Gasteiger partial charge is 0.465 e. The first kappa shape index (κ1) is 18.1. The standard InChI is InChI=1S/C20H20N2O3S/c1-4-25-18(23)12-22-16-11-14(3)7-10-17(16)26-20(22)21-19(24)15-8-5-13(2)6-9-15/h5-11H,4,12H2,1-3H3. The van der Waals surface area contributed by atoms with Gasteiger partial charge in [-0.1, -0.05) is 35.1 Å². The van der Waals surface area contributed by atoms with Crippen molar-refractivity contribution < 1.29 is 14.3 Å². The lowest BCUT2D eigenvalue weighted by atomic mass is 10.1. The molecule has 0 unspecified atom stereocenters. The Bertz CT molecular complexity index is 1030. The first-order valence-electron chi connectivity index (χ1n) is 8.39. The summed E-state index contributed by atoms with van der Waals surface area (Å²) in [7, 11) is 0. The van der Waals surface area contributed by atoms with Gasteiger partial charge in [0.15, 0.2) is 4.80 Å². The fraction of sp³-hybridized carbons (Fsp3) is 0.250. The Kier molecular flexibility index (Phi) is 5.32. The summed E-state index contributed by atoms with van der Waals surface area (Å²) in [5.41, 5.74) is 3.55. The van der Waals surface area contributed by atoms with E-state index in [1.165, 1.54) is 11.3 Å². The van der Waals surface area contributed by atoms with E-state index >= 15 is 0 Å². The van der Waals surface area contributed by atoms with Gasteiger partial charge in [0.25, 0.3) is 5.91 Å². The van der Waals surface area contributed by atoms with Crippen LogP contribution in [-0.2, 0) is 16.1 Å². The number of hydrogen-bond donors (Lipinski definition) is 0. The third kappa shape index (κ3) is 3.91. The first-order chi connectivity index (χ1) is 12.5. The quantitative estimate of drug-likeness (QED) is 0.661. The normalized spacial score (nSPS) is 11.7. The molecule has 0 fully saturated rings. The molecule has 3 rings (SSSR count). The van der Waals surface area contributed by atoms with E-state index in [4.69, 9.17) is 4.74 Å². The summed E-state index contributed by atoms with van der Waals surface area (Å²) in [5, 5.41) is 0. The highest BCUT2D eigenvalue weighted by molar-refractivity contribution is 7.16. The Morgan fingerprint density at radius 2 is 1.77 bits per heavy atom. The predicted molar refractivity (Wildman–Crippen MR) is 102 cm³/mol. The number of carbonyl (C=O) groups is 2. The molecule has 1 amide bonds. The van der Waals surface area contributed by atoms with Crippen LogP contribution in [-0.4, -0.2) is 23.1 Å². The Labute approximate surface area is 155 Å². The molecule has 0 saturated heterocycles. The van der Waals surface area contributed by atoms with Crippen molar-refractivity contribution in [2.24, 2.45) is 4.99 Å². The van der Waals surface area contributed by atoms with Crippen molar-refractivity contribution in [3.63, 3.8) is 0 Å². The van der Waals surface area contributed by atoms with Gasteiger partial charge in [-0.2, -0.15) is 4.99 Å². The van der Waals surface area contributed by atoms with Crippen LogP contribution in [0.3, 0.4) is 0 Å². The fourth-order valence-electron chi connectivity index (χ4n) is 2.60. The van der Waals surface area contributed by atoms with Gasteiger partial charge in [-0.25, -0.2) is 0 Å². The second-order valence-electron chi connectivity index (χ2n) is 6.03. The summed E-state index contributed by atoms with van der Waals surface area (Å²) in [5.74, 6) is -0.677. The van der Waals surface area contributed by atoms with E-state index in [0.717, 1.165) is 21.3 Å². The third-order valence-electron chi connectivity index (χ3n) is 3.93. The molecule has 0 spiro atoms. The maximum Gasteiger partial charge on any atom is 0.326 e. The Morgan fingerprint density at radius 3 is 2.46 bits per heavy atom. The second-order valence-corrected chi connectivity index (χ2v) is 7.04. The van der Waals surface area contributed by atoms with Gasteiger partial charge in [-0.15, -0.1) is 0 Å². The monoisotopic (exact) mass is 368 g/mol. The summed E-state index contributed by atoms with van der Waals surface area (Å²) in [6.07, 6.45) is 0. The third-order valence-corrected chi connectivity index (χ3v) is 4.99. The van der Waals surface area contributed by atoms with Crippen LogP contribution < -0.4 is 4.80 Å². The maximum atomic E-state index is 12.5. The Hall–Kier alpha value is -2.73. The molecular formula is C20H20N2O3S. The lowest BCUT2D eigenvalue weighted by Gasteiger charge is -2.05. The van der Waals surface area contributed by atoms with Crippen LogP contribution in [0.5, 0.6) is 0 Å². The predicted octanol–water partition coefficient (Wildman–Crippen LogP) is 3.62. The molecule has 0 aliphatic rings. The number of aromatic nitrogens is 1. The highest BCUT2D eigenvalue weighted by Crippen LogP contribution is 2.19. The number of ether oxygens (including phenoxy) is 1. The summed E-state index contributed by atoms with van der Waals surface area (Å²) >= 11 is 1.39. The highest BCUT2D eigenvalue weighted by atomic mass is 32.1. The van der Waals surface area contributed by atoms with E-state index in [1.807, 2.05) is 44.2 Å². The molecule has 0 atom stereocenters. The lowest BCUT2D eigenvalue weighted by Crippen LogP contribution is -2.23. The molecule has 0 radical (unpaired) electrons. The number of thiazole rings is 1. The molecular weight excluding hydrogens is 348 g/mol. The van der Waals surface area contributed by atoms with Crippen molar-refractivity contribution in [1.82, 2.24) is 4.57 Å². The lowest BCUT2D eigenvalue weighted by molar-refractivity contribution is -0.143. The minimum Gasteiger partial charge on any atom is -0.465 e. The van der Waals surface area contributed by atoms with Crippen molar-refractivity contribution in [3.8, 4) is 0 Å². The molecule has 6 heteroatoms. The zero-order chi connectivity index (χ0) is 18.7. The first-order valence-corrected chi connectivity index (χ1v) is 9.21. The molecule has 26 heavy (non-hydrogen) atoms. The summed E-state index contributed by atoms with van der Waals surface area (Å²) in [6, 6.07) is 13.2. The van der Waals surface area contributed by atoms with Crippen LogP contribution in [0.2, 0.25) is 0 Å². The van der Waals surface area contributed by atoms with Crippen molar-refractivity contribution in [2.45, 2.75) is 27.3 Å². The molecule has 0 bridgehead atoms. The van der Waals surface area contributed by atoms with Crippen LogP contribution in [0.15, 0.2) is 47.5 Å². The van der Waals surface area contributed by atoms with Crippen LogP contribution >= 0.6 is 11.3 Å². The maximum absolute atomic E-state index is 12.5. The number of nitrogens with zero attached hydrogens (tertiary/aromatic N) is 2. The molecule has 0 aliphatic heterocycles. The SMILES string of the molecule is CCOC(=O)Cn1c(=NC(=O)c2ccc(C)cc2)sc2ccc(C)cc21. The number of benzene rings is 2. The molecule has 134 valence electrons. The molecule has 1 aromatic heterocycles. The van der Waals surface area contributed by atoms with E-state index < -0.39 is 0 Å². The molecule has 0 N–H and O–H groups in total. The second kappa shape index (κ2) is 7.66. The van der Waals surface area contributed by atoms with Crippen molar-refractivity contribution in [3.05, 3.63) is 64.0 Å². The molecule has 2 aromatic carbocycles. The summed E-state index contributed by atoms with van der Waals surface area (Å²) in [4.78, 5) is 29.3. The van der Waals surface area contributed by atoms with Gasteiger partial charge < -0.3 is 9.30 Å². The zero-order valence-electron chi connectivity index (χ0n) is 15.0. The van der Waals surface area contributed by atoms with Gasteiger partial charge in [-0.05, 0) is 50.6 Å². The summed E-state index contributed by atoms with van der Waals surface area (Å²) < 4.78 is 7.79. The Balaban J connectivity index is 2.10. The zero-order valence-corrected chi connectivity index (χ0v) is 15.8. The van der Waals surface area contributed by atoms with E-state index in [9.17, 15) is 9.59 Å². The van der Waals surface area contributed by atoms with Crippen molar-refractivity contribution in [2.75, 3.05) is 6.61 Å². The summed E-state index contributed by atoms with van der Waals surface area (Å²) in [6.45, 7) is 6.06. The van der Waals surface area contributed by atoms with Gasteiger partial charge in [0.05, 0.1) is 16.8 Å². The van der Waals surface area contributed by atoms with Crippen LogP contribution in [0.4, 0.5) is 0 Å². The van der Waals surface area contributed by atoms with Gasteiger partial charge in [0.1, 0.15) is 6.54 Å². The minimum atomic E-state index is -0.349. The van der Waals surface area contributed by atoms with E-state index in [0.29, 0.717) is 17.0 Å². The van der Waals surface area contributed by atoms with Crippen LogP contribution in [0, 0.1) is 13.8 Å². The number of hydrogen-bond acceptors (Lipinski definition) is 4. The molecule has 0 aliphatic carbocycles. The fourth-order valence-corrected chi connectivity index (χ4v) is 3.61. The molecule has 3 aromatic rings. The number of carbonyl (C=O) groups excluding carboxylic acids is 2. The van der Waals surface area contributed by atoms with Gasteiger partial charge in [-0.3, -0.25) is 9.59 Å². The van der Waals surface area contributed by atoms with E-state index in [-0.39, 0.29) is 18.4 Å². The number of amides is 1. The van der Waals surface area contributed by atoms with Gasteiger partial charge in [0.2, 0.25) is 0 Å². The van der Waals surface area contributed by atoms with Gasteiger partial charge in [0, 0.05) is 5.56 Å². The number of fused-ring (bicyclic) bond motifs is 1. The average Bonchev–Trinajstić information content (AvgIpc) is 2.92. The molecule has 0 saturated carbocycles. The van der Waals surface area contributed by atoms with Crippen LogP contribution in [0.1, 0.15) is 28.4 Å². The van der Waals surface area contributed by atoms with E-state index in [2.05, 4.69) is 4.99 Å². The topological polar surface area (TPSA) is 60.7 Å². The smallest absolute Gasteiger partial charge is 0.326 e. The van der Waals surface area contributed by atoms with Crippen LogP contribution in [0.25, 0.3) is 10.2 Å². The molecule has 1 heterocycles.